The second-order valence-electron chi connectivity index (χ2n) is 6.12. The van der Waals surface area contributed by atoms with Crippen LogP contribution in [0.1, 0.15) is 30.1 Å². The minimum Gasteiger partial charge on any atom is -0.376 e. The maximum Gasteiger partial charge on any atom is 0.255 e. The highest BCUT2D eigenvalue weighted by Gasteiger charge is 2.45. The number of hydrogen-bond acceptors (Lipinski definition) is 4. The first-order chi connectivity index (χ1) is 11.3. The number of thiophene rings is 1. The number of carbonyl (C=O) groups is 1. The lowest BCUT2D eigenvalue weighted by atomic mass is 10.1. The molecular formula is C18H21NO3S. The Kier molecular flexibility index (Phi) is 4.09. The molecule has 0 radical (unpaired) electrons. The maximum atomic E-state index is 13.1. The number of fused-ring (bicyclic) bond motifs is 2. The van der Waals surface area contributed by atoms with E-state index in [0.29, 0.717) is 19.8 Å². The van der Waals surface area contributed by atoms with Crippen LogP contribution in [-0.2, 0) is 9.47 Å². The number of benzene rings is 1. The second-order valence-corrected chi connectivity index (χ2v) is 7.03. The lowest BCUT2D eigenvalue weighted by molar-refractivity contribution is -0.102. The van der Waals surface area contributed by atoms with Crippen molar-refractivity contribution < 1.29 is 14.3 Å². The Morgan fingerprint density at radius 3 is 3.13 bits per heavy atom. The molecule has 0 spiro atoms. The molecule has 1 saturated heterocycles. The number of nitrogens with zero attached hydrogens (tertiary/aromatic N) is 1. The minimum atomic E-state index is 0.0255. The van der Waals surface area contributed by atoms with E-state index in [0.717, 1.165) is 23.8 Å². The molecule has 0 unspecified atom stereocenters. The summed E-state index contributed by atoms with van der Waals surface area (Å²) in [5, 5.41) is 3.05. The Balaban J connectivity index is 1.61. The molecule has 1 aromatic heterocycles. The van der Waals surface area contributed by atoms with Gasteiger partial charge in [0.1, 0.15) is 6.10 Å². The van der Waals surface area contributed by atoms with Gasteiger partial charge in [0.15, 0.2) is 0 Å². The first-order valence-electron chi connectivity index (χ1n) is 8.30. The molecule has 3 atom stereocenters. The molecule has 2 fully saturated rings. The highest BCUT2D eigenvalue weighted by Crippen LogP contribution is 2.34. The Labute approximate surface area is 140 Å². The number of hydrogen-bond donors (Lipinski definition) is 0. The van der Waals surface area contributed by atoms with E-state index in [2.05, 4.69) is 6.07 Å². The van der Waals surface area contributed by atoms with Crippen LogP contribution in [0.4, 0.5) is 0 Å². The zero-order valence-corrected chi connectivity index (χ0v) is 14.1. The number of morpholine rings is 1. The molecule has 5 heteroatoms. The molecule has 122 valence electrons. The van der Waals surface area contributed by atoms with E-state index in [1.54, 1.807) is 11.3 Å². The van der Waals surface area contributed by atoms with Crippen LogP contribution in [-0.4, -0.2) is 48.8 Å². The predicted octanol–water partition coefficient (Wildman–Crippen LogP) is 3.31. The van der Waals surface area contributed by atoms with Crippen molar-refractivity contribution in [2.45, 2.75) is 38.0 Å². The van der Waals surface area contributed by atoms with E-state index in [1.807, 2.05) is 35.4 Å². The summed E-state index contributed by atoms with van der Waals surface area (Å²) in [6, 6.07) is 8.26. The van der Waals surface area contributed by atoms with Gasteiger partial charge in [-0.05, 0) is 25.8 Å². The fourth-order valence-corrected chi connectivity index (χ4v) is 4.79. The summed E-state index contributed by atoms with van der Waals surface area (Å²) in [5.41, 5.74) is 0.825. The molecule has 2 aromatic rings. The van der Waals surface area contributed by atoms with Crippen LogP contribution in [0.5, 0.6) is 0 Å². The number of rotatable bonds is 3. The summed E-state index contributed by atoms with van der Waals surface area (Å²) in [4.78, 5) is 15.1. The van der Waals surface area contributed by atoms with Crippen molar-refractivity contribution in [3.05, 3.63) is 35.2 Å². The summed E-state index contributed by atoms with van der Waals surface area (Å²) in [6.07, 6.45) is 2.08. The molecule has 2 aliphatic rings. The molecule has 1 aromatic carbocycles. The number of amides is 1. The largest absolute Gasteiger partial charge is 0.376 e. The van der Waals surface area contributed by atoms with Crippen LogP contribution in [0, 0.1) is 0 Å². The van der Waals surface area contributed by atoms with Gasteiger partial charge in [0, 0.05) is 28.6 Å². The van der Waals surface area contributed by atoms with Crippen molar-refractivity contribution in [3.8, 4) is 0 Å². The number of carbonyl (C=O) groups excluding carboxylic acids is 1. The molecule has 4 rings (SSSR count). The van der Waals surface area contributed by atoms with Crippen LogP contribution < -0.4 is 0 Å². The van der Waals surface area contributed by atoms with Gasteiger partial charge in [-0.3, -0.25) is 4.79 Å². The first-order valence-corrected chi connectivity index (χ1v) is 9.18. The third-order valence-corrected chi connectivity index (χ3v) is 5.85. The molecule has 1 aliphatic heterocycles. The first kappa shape index (κ1) is 15.1. The van der Waals surface area contributed by atoms with Crippen molar-refractivity contribution in [2.75, 3.05) is 19.8 Å². The van der Waals surface area contributed by atoms with Crippen LogP contribution in [0.3, 0.4) is 0 Å². The van der Waals surface area contributed by atoms with Crippen molar-refractivity contribution >= 4 is 27.3 Å². The summed E-state index contributed by atoms with van der Waals surface area (Å²) >= 11 is 1.64. The molecule has 1 aliphatic carbocycles. The molecule has 2 heterocycles. The third kappa shape index (κ3) is 2.57. The van der Waals surface area contributed by atoms with E-state index in [-0.39, 0.29) is 24.2 Å². The summed E-state index contributed by atoms with van der Waals surface area (Å²) in [5.74, 6) is 0.137. The van der Waals surface area contributed by atoms with Gasteiger partial charge in [0.2, 0.25) is 0 Å². The smallest absolute Gasteiger partial charge is 0.255 e. The number of ether oxygens (including phenoxy) is 2. The van der Waals surface area contributed by atoms with Crippen LogP contribution >= 0.6 is 11.3 Å². The van der Waals surface area contributed by atoms with Gasteiger partial charge in [-0.2, -0.15) is 0 Å². The topological polar surface area (TPSA) is 38.8 Å². The summed E-state index contributed by atoms with van der Waals surface area (Å²) in [6.45, 7) is 3.97. The second kappa shape index (κ2) is 6.23. The molecule has 1 amide bonds. The molecule has 0 N–H and O–H groups in total. The van der Waals surface area contributed by atoms with Crippen molar-refractivity contribution in [1.82, 2.24) is 4.90 Å². The van der Waals surface area contributed by atoms with Crippen molar-refractivity contribution in [1.29, 1.82) is 0 Å². The van der Waals surface area contributed by atoms with Crippen LogP contribution in [0.2, 0.25) is 0 Å². The Morgan fingerprint density at radius 2 is 2.26 bits per heavy atom. The van der Waals surface area contributed by atoms with E-state index < -0.39 is 0 Å². The highest BCUT2D eigenvalue weighted by atomic mass is 32.1. The van der Waals surface area contributed by atoms with Gasteiger partial charge in [-0.25, -0.2) is 0 Å². The van der Waals surface area contributed by atoms with Crippen LogP contribution in [0.15, 0.2) is 29.6 Å². The summed E-state index contributed by atoms with van der Waals surface area (Å²) < 4.78 is 12.9. The van der Waals surface area contributed by atoms with Crippen molar-refractivity contribution in [3.63, 3.8) is 0 Å². The van der Waals surface area contributed by atoms with E-state index >= 15 is 0 Å². The van der Waals surface area contributed by atoms with E-state index in [1.165, 1.54) is 4.70 Å². The van der Waals surface area contributed by atoms with Gasteiger partial charge < -0.3 is 14.4 Å². The highest BCUT2D eigenvalue weighted by molar-refractivity contribution is 7.17. The van der Waals surface area contributed by atoms with Gasteiger partial charge >= 0.3 is 0 Å². The average Bonchev–Trinajstić information content (AvgIpc) is 3.19. The molecule has 1 saturated carbocycles. The predicted molar refractivity (Wildman–Crippen MR) is 91.0 cm³/mol. The molecular weight excluding hydrogens is 310 g/mol. The quantitative estimate of drug-likeness (QED) is 0.866. The fourth-order valence-electron chi connectivity index (χ4n) is 3.86. The third-order valence-electron chi connectivity index (χ3n) is 4.89. The Hall–Kier alpha value is -1.43. The zero-order chi connectivity index (χ0) is 15.8. The van der Waals surface area contributed by atoms with E-state index in [4.69, 9.17) is 9.47 Å². The molecule has 4 nitrogen and oxygen atoms in total. The Bertz CT molecular complexity index is 713. The Morgan fingerprint density at radius 1 is 1.39 bits per heavy atom. The van der Waals surface area contributed by atoms with E-state index in [9.17, 15) is 4.79 Å². The van der Waals surface area contributed by atoms with Gasteiger partial charge in [0.05, 0.1) is 24.3 Å². The average molecular weight is 331 g/mol. The van der Waals surface area contributed by atoms with Crippen molar-refractivity contribution in [2.24, 2.45) is 0 Å². The molecule has 0 bridgehead atoms. The fraction of sp³-hybridized carbons (Fsp3) is 0.500. The van der Waals surface area contributed by atoms with Gasteiger partial charge in [0.25, 0.3) is 5.91 Å². The van der Waals surface area contributed by atoms with Crippen LogP contribution in [0.25, 0.3) is 10.1 Å². The lowest BCUT2D eigenvalue weighted by Crippen LogP contribution is -2.53. The monoisotopic (exact) mass is 331 g/mol. The normalized spacial score (nSPS) is 27.3. The molecule has 23 heavy (non-hydrogen) atoms. The standard InChI is InChI=1S/C18H21NO3S/c1-2-21-15-8-7-14-17(15)22-10-9-19(14)18(20)13-11-23-16-6-4-3-5-12(13)16/h3-6,11,14-15,17H,2,7-10H2,1H3/t14-,15+,17+/m0/s1. The minimum absolute atomic E-state index is 0.0255. The van der Waals surface area contributed by atoms with Gasteiger partial charge in [-0.1, -0.05) is 18.2 Å². The van der Waals surface area contributed by atoms with Gasteiger partial charge in [-0.15, -0.1) is 11.3 Å². The summed E-state index contributed by atoms with van der Waals surface area (Å²) in [7, 11) is 0. The SMILES string of the molecule is CCO[C@@H]1CC[C@H]2[C@H]1OCCN2C(=O)c1csc2ccccc12. The maximum absolute atomic E-state index is 13.1. The zero-order valence-electron chi connectivity index (χ0n) is 13.2. The lowest BCUT2D eigenvalue weighted by Gasteiger charge is -2.39.